The first-order chi connectivity index (χ1) is 8.15. The number of aryl methyl sites for hydroxylation is 1. The molecule has 2 rings (SSSR count). The molecule has 0 aliphatic heterocycles. The van der Waals surface area contributed by atoms with Crippen molar-refractivity contribution in [2.75, 3.05) is 31.7 Å². The number of rotatable bonds is 6. The maximum Gasteiger partial charge on any atom is 0.133 e. The number of ether oxygens (including phenoxy) is 1. The van der Waals surface area contributed by atoms with E-state index >= 15 is 0 Å². The van der Waals surface area contributed by atoms with Gasteiger partial charge in [0.2, 0.25) is 0 Å². The van der Waals surface area contributed by atoms with Crippen LogP contribution < -0.4 is 4.90 Å². The minimum Gasteiger partial charge on any atom is -0.379 e. The SMILES string of the molecule is Cc1nc(Br)cc(N(C)CCOCC2CC2)n1. The van der Waals surface area contributed by atoms with Crippen molar-refractivity contribution < 1.29 is 4.74 Å². The van der Waals surface area contributed by atoms with E-state index in [4.69, 9.17) is 4.74 Å². The molecule has 1 saturated carbocycles. The van der Waals surface area contributed by atoms with Crippen molar-refractivity contribution in [3.63, 3.8) is 0 Å². The van der Waals surface area contributed by atoms with Gasteiger partial charge >= 0.3 is 0 Å². The van der Waals surface area contributed by atoms with Crippen molar-refractivity contribution in [3.05, 3.63) is 16.5 Å². The second-order valence-electron chi connectivity index (χ2n) is 4.54. The van der Waals surface area contributed by atoms with E-state index in [1.54, 1.807) is 0 Å². The average Bonchev–Trinajstić information content (AvgIpc) is 3.06. The van der Waals surface area contributed by atoms with Crippen molar-refractivity contribution in [2.24, 2.45) is 5.92 Å². The van der Waals surface area contributed by atoms with Gasteiger partial charge in [0.05, 0.1) is 6.61 Å². The molecule has 0 atom stereocenters. The van der Waals surface area contributed by atoms with Gasteiger partial charge in [0.1, 0.15) is 16.2 Å². The first-order valence-electron chi connectivity index (χ1n) is 5.95. The van der Waals surface area contributed by atoms with E-state index in [-0.39, 0.29) is 0 Å². The monoisotopic (exact) mass is 299 g/mol. The van der Waals surface area contributed by atoms with Crippen LogP contribution >= 0.6 is 15.9 Å². The fourth-order valence-corrected chi connectivity index (χ4v) is 2.02. The molecule has 17 heavy (non-hydrogen) atoms. The van der Waals surface area contributed by atoms with Gasteiger partial charge < -0.3 is 9.64 Å². The van der Waals surface area contributed by atoms with Gasteiger partial charge in [-0.1, -0.05) is 0 Å². The van der Waals surface area contributed by atoms with Crippen LogP contribution in [0.4, 0.5) is 5.82 Å². The molecule has 1 aliphatic rings. The van der Waals surface area contributed by atoms with Crippen LogP contribution in [-0.4, -0.2) is 36.8 Å². The zero-order valence-electron chi connectivity index (χ0n) is 10.3. The third-order valence-electron chi connectivity index (χ3n) is 2.81. The van der Waals surface area contributed by atoms with Gasteiger partial charge in [0, 0.05) is 26.3 Å². The third-order valence-corrected chi connectivity index (χ3v) is 3.21. The van der Waals surface area contributed by atoms with Crippen LogP contribution in [0.2, 0.25) is 0 Å². The summed E-state index contributed by atoms with van der Waals surface area (Å²) in [5, 5.41) is 0. The second-order valence-corrected chi connectivity index (χ2v) is 5.35. The van der Waals surface area contributed by atoms with Crippen LogP contribution in [0.15, 0.2) is 10.7 Å². The Labute approximate surface area is 111 Å². The molecule has 0 unspecified atom stereocenters. The molecule has 0 amide bonds. The Bertz CT molecular complexity index is 362. The van der Waals surface area contributed by atoms with Crippen molar-refractivity contribution in [1.29, 1.82) is 0 Å². The zero-order chi connectivity index (χ0) is 12.3. The lowest BCUT2D eigenvalue weighted by Crippen LogP contribution is -2.24. The van der Waals surface area contributed by atoms with Crippen molar-refractivity contribution in [3.8, 4) is 0 Å². The first kappa shape index (κ1) is 12.8. The number of anilines is 1. The molecule has 94 valence electrons. The largest absolute Gasteiger partial charge is 0.379 e. The number of nitrogens with zero attached hydrogens (tertiary/aromatic N) is 3. The summed E-state index contributed by atoms with van der Waals surface area (Å²) in [4.78, 5) is 10.7. The van der Waals surface area contributed by atoms with E-state index < -0.39 is 0 Å². The van der Waals surface area contributed by atoms with Crippen LogP contribution in [-0.2, 0) is 4.74 Å². The summed E-state index contributed by atoms with van der Waals surface area (Å²) in [6.45, 7) is 4.43. The molecule has 0 radical (unpaired) electrons. The van der Waals surface area contributed by atoms with Crippen LogP contribution in [0.1, 0.15) is 18.7 Å². The zero-order valence-corrected chi connectivity index (χ0v) is 11.9. The Balaban J connectivity index is 1.78. The topological polar surface area (TPSA) is 38.2 Å². The van der Waals surface area contributed by atoms with E-state index in [0.29, 0.717) is 0 Å². The third kappa shape index (κ3) is 4.24. The average molecular weight is 300 g/mol. The minimum atomic E-state index is 0.758. The van der Waals surface area contributed by atoms with Gasteiger partial charge in [-0.25, -0.2) is 9.97 Å². The van der Waals surface area contributed by atoms with Crippen LogP contribution in [0, 0.1) is 12.8 Å². The Morgan fingerprint density at radius 1 is 1.47 bits per heavy atom. The van der Waals surface area contributed by atoms with Gasteiger partial charge in [-0.3, -0.25) is 0 Å². The molecule has 0 aromatic carbocycles. The van der Waals surface area contributed by atoms with Gasteiger partial charge in [0.25, 0.3) is 0 Å². The van der Waals surface area contributed by atoms with Gasteiger partial charge in [-0.15, -0.1) is 0 Å². The Hall–Kier alpha value is -0.680. The molecular formula is C12H18BrN3O. The molecule has 0 bridgehead atoms. The van der Waals surface area contributed by atoms with E-state index in [1.165, 1.54) is 12.8 Å². The Kier molecular flexibility index (Phi) is 4.34. The number of halogens is 1. The van der Waals surface area contributed by atoms with Crippen LogP contribution in [0.3, 0.4) is 0 Å². The van der Waals surface area contributed by atoms with Crippen molar-refractivity contribution >= 4 is 21.7 Å². The lowest BCUT2D eigenvalue weighted by Gasteiger charge is -2.18. The van der Waals surface area contributed by atoms with E-state index in [2.05, 4.69) is 30.8 Å². The normalized spacial score (nSPS) is 15.0. The molecule has 5 heteroatoms. The molecule has 1 heterocycles. The first-order valence-corrected chi connectivity index (χ1v) is 6.74. The predicted octanol–water partition coefficient (Wildman–Crippen LogP) is 2.41. The molecule has 4 nitrogen and oxygen atoms in total. The number of aromatic nitrogens is 2. The molecule has 0 N–H and O–H groups in total. The molecule has 1 aromatic heterocycles. The minimum absolute atomic E-state index is 0.758. The second kappa shape index (κ2) is 5.78. The molecule has 0 spiro atoms. The maximum absolute atomic E-state index is 5.61. The van der Waals surface area contributed by atoms with E-state index in [0.717, 1.165) is 41.9 Å². The van der Waals surface area contributed by atoms with Crippen molar-refractivity contribution in [1.82, 2.24) is 9.97 Å². The van der Waals surface area contributed by atoms with Crippen molar-refractivity contribution in [2.45, 2.75) is 19.8 Å². The number of hydrogen-bond acceptors (Lipinski definition) is 4. The molecular weight excluding hydrogens is 282 g/mol. The molecule has 1 aliphatic carbocycles. The van der Waals surface area contributed by atoms with Crippen LogP contribution in [0.25, 0.3) is 0 Å². The van der Waals surface area contributed by atoms with Gasteiger partial charge in [-0.2, -0.15) is 0 Å². The number of hydrogen-bond donors (Lipinski definition) is 0. The summed E-state index contributed by atoms with van der Waals surface area (Å²) < 4.78 is 6.44. The fraction of sp³-hybridized carbons (Fsp3) is 0.667. The fourth-order valence-electron chi connectivity index (χ4n) is 1.56. The summed E-state index contributed by atoms with van der Waals surface area (Å²) in [6.07, 6.45) is 2.68. The summed E-state index contributed by atoms with van der Waals surface area (Å²) in [5.74, 6) is 2.54. The maximum atomic E-state index is 5.61. The Morgan fingerprint density at radius 2 is 2.24 bits per heavy atom. The highest BCUT2D eigenvalue weighted by Crippen LogP contribution is 2.28. The highest BCUT2D eigenvalue weighted by molar-refractivity contribution is 9.10. The van der Waals surface area contributed by atoms with E-state index in [1.807, 2.05) is 20.0 Å². The molecule has 1 fully saturated rings. The van der Waals surface area contributed by atoms with E-state index in [9.17, 15) is 0 Å². The summed E-state index contributed by atoms with van der Waals surface area (Å²) in [6, 6.07) is 1.92. The lowest BCUT2D eigenvalue weighted by molar-refractivity contribution is 0.131. The van der Waals surface area contributed by atoms with Gasteiger partial charge in [0.15, 0.2) is 0 Å². The molecule has 0 saturated heterocycles. The summed E-state index contributed by atoms with van der Waals surface area (Å²) in [5.41, 5.74) is 0. The summed E-state index contributed by atoms with van der Waals surface area (Å²) >= 11 is 3.38. The summed E-state index contributed by atoms with van der Waals surface area (Å²) in [7, 11) is 2.02. The van der Waals surface area contributed by atoms with Gasteiger partial charge in [-0.05, 0) is 41.6 Å². The Morgan fingerprint density at radius 3 is 2.88 bits per heavy atom. The lowest BCUT2D eigenvalue weighted by atomic mass is 10.4. The quantitative estimate of drug-likeness (QED) is 0.597. The highest BCUT2D eigenvalue weighted by atomic mass is 79.9. The van der Waals surface area contributed by atoms with Crippen LogP contribution in [0.5, 0.6) is 0 Å². The standard InChI is InChI=1S/C12H18BrN3O/c1-9-14-11(13)7-12(15-9)16(2)5-6-17-8-10-3-4-10/h7,10H,3-6,8H2,1-2H3. The number of likely N-dealkylation sites (N-methyl/N-ethyl adjacent to an activating group) is 1. The highest BCUT2D eigenvalue weighted by Gasteiger charge is 2.21. The predicted molar refractivity (Wildman–Crippen MR) is 71.3 cm³/mol. The molecule has 1 aromatic rings. The smallest absolute Gasteiger partial charge is 0.133 e.